The van der Waals surface area contributed by atoms with Crippen LogP contribution in [0.3, 0.4) is 0 Å². The van der Waals surface area contributed by atoms with E-state index in [2.05, 4.69) is 10.2 Å². The van der Waals surface area contributed by atoms with Crippen LogP contribution < -0.4 is 11.1 Å². The topological polar surface area (TPSA) is 59.8 Å². The number of hydrogen-bond acceptors (Lipinski definition) is 5. The number of nitrogens with one attached hydrogen (secondary N) is 1. The van der Waals surface area contributed by atoms with Crippen molar-refractivity contribution in [2.45, 2.75) is 43.8 Å². The molecule has 0 radical (unpaired) electrons. The van der Waals surface area contributed by atoms with Crippen LogP contribution in [-0.4, -0.2) is 56.7 Å². The minimum atomic E-state index is -0.142. The molecule has 2 saturated heterocycles. The molecule has 2 fully saturated rings. The Bertz CT molecular complexity index is 223. The van der Waals surface area contributed by atoms with Gasteiger partial charge in [0.05, 0.1) is 12.2 Å². The van der Waals surface area contributed by atoms with Crippen molar-refractivity contribution in [3.8, 4) is 0 Å². The summed E-state index contributed by atoms with van der Waals surface area (Å²) < 4.78 is 10.8. The van der Waals surface area contributed by atoms with Gasteiger partial charge >= 0.3 is 0 Å². The zero-order valence-corrected chi connectivity index (χ0v) is 10.2. The van der Waals surface area contributed by atoms with Gasteiger partial charge in [0.2, 0.25) is 0 Å². The van der Waals surface area contributed by atoms with Crippen LogP contribution in [0.5, 0.6) is 0 Å². The Balaban J connectivity index is 2.02. The third-order valence-corrected chi connectivity index (χ3v) is 3.71. The summed E-state index contributed by atoms with van der Waals surface area (Å²) in [5, 5.41) is 3.47. The van der Waals surface area contributed by atoms with E-state index < -0.39 is 0 Å². The van der Waals surface area contributed by atoms with Crippen molar-refractivity contribution in [3.05, 3.63) is 0 Å². The second kappa shape index (κ2) is 5.42. The normalized spacial score (nSPS) is 36.4. The summed E-state index contributed by atoms with van der Waals surface area (Å²) in [6, 6.07) is 0.562. The fourth-order valence-corrected chi connectivity index (χ4v) is 2.93. The van der Waals surface area contributed by atoms with Crippen LogP contribution >= 0.6 is 0 Å². The Morgan fingerprint density at radius 2 is 2.06 bits per heavy atom. The molecule has 0 bridgehead atoms. The van der Waals surface area contributed by atoms with E-state index in [1.807, 2.05) is 0 Å². The lowest BCUT2D eigenvalue weighted by Gasteiger charge is -2.35. The molecule has 2 aliphatic rings. The van der Waals surface area contributed by atoms with Gasteiger partial charge in [0.15, 0.2) is 6.29 Å². The van der Waals surface area contributed by atoms with Gasteiger partial charge in [-0.15, -0.1) is 0 Å². The maximum Gasteiger partial charge on any atom is 0.172 e. The summed E-state index contributed by atoms with van der Waals surface area (Å²) in [4.78, 5) is 2.41. The smallest absolute Gasteiger partial charge is 0.172 e. The van der Waals surface area contributed by atoms with Gasteiger partial charge in [0, 0.05) is 26.8 Å². The van der Waals surface area contributed by atoms with E-state index >= 15 is 0 Å². The van der Waals surface area contributed by atoms with Crippen molar-refractivity contribution in [3.63, 3.8) is 0 Å². The lowest BCUT2D eigenvalue weighted by atomic mass is 10.1. The van der Waals surface area contributed by atoms with Gasteiger partial charge in [-0.05, 0) is 25.8 Å². The van der Waals surface area contributed by atoms with Crippen LogP contribution in [0, 0.1) is 0 Å². The number of rotatable bonds is 4. The zero-order chi connectivity index (χ0) is 11.5. The molecule has 2 rings (SSSR count). The van der Waals surface area contributed by atoms with Gasteiger partial charge < -0.3 is 20.5 Å². The fraction of sp³-hybridized carbons (Fsp3) is 1.00. The Morgan fingerprint density at radius 1 is 1.31 bits per heavy atom. The highest BCUT2D eigenvalue weighted by molar-refractivity contribution is 4.93. The van der Waals surface area contributed by atoms with Crippen molar-refractivity contribution < 1.29 is 9.47 Å². The van der Waals surface area contributed by atoms with Crippen molar-refractivity contribution in [2.75, 3.05) is 27.3 Å². The lowest BCUT2D eigenvalue weighted by molar-refractivity contribution is -0.146. The van der Waals surface area contributed by atoms with Gasteiger partial charge in [0.1, 0.15) is 0 Å². The maximum atomic E-state index is 6.12. The second-order valence-electron chi connectivity index (χ2n) is 4.64. The van der Waals surface area contributed by atoms with E-state index in [0.717, 1.165) is 25.9 Å². The standard InChI is InChI=1S/C11H23N3O2/c1-15-11(16-2)9-4-3-7-14(9)10-8(12)5-6-13-10/h8-11,13H,3-7,12H2,1-2H3. The minimum Gasteiger partial charge on any atom is -0.354 e. The van der Waals surface area contributed by atoms with Crippen molar-refractivity contribution in [1.82, 2.24) is 10.2 Å². The third-order valence-electron chi connectivity index (χ3n) is 3.71. The summed E-state index contributed by atoms with van der Waals surface area (Å²) in [7, 11) is 3.40. The zero-order valence-electron chi connectivity index (χ0n) is 10.2. The molecule has 16 heavy (non-hydrogen) atoms. The molecule has 94 valence electrons. The monoisotopic (exact) mass is 229 g/mol. The first-order chi connectivity index (χ1) is 7.77. The predicted molar refractivity (Wildman–Crippen MR) is 61.9 cm³/mol. The first kappa shape index (κ1) is 12.3. The van der Waals surface area contributed by atoms with E-state index in [1.54, 1.807) is 14.2 Å². The summed E-state index contributed by atoms with van der Waals surface area (Å²) in [5.41, 5.74) is 6.12. The van der Waals surface area contributed by atoms with Crippen LogP contribution in [0.1, 0.15) is 19.3 Å². The van der Waals surface area contributed by atoms with Crippen molar-refractivity contribution >= 4 is 0 Å². The molecule has 3 unspecified atom stereocenters. The molecule has 5 heteroatoms. The lowest BCUT2D eigenvalue weighted by Crippen LogP contribution is -2.55. The first-order valence-corrected chi connectivity index (χ1v) is 6.08. The molecule has 0 aromatic rings. The summed E-state index contributed by atoms with van der Waals surface area (Å²) in [6.45, 7) is 2.10. The van der Waals surface area contributed by atoms with Crippen LogP contribution in [0.15, 0.2) is 0 Å². The van der Waals surface area contributed by atoms with Crippen LogP contribution in [0.25, 0.3) is 0 Å². The molecule has 3 atom stereocenters. The number of nitrogens with zero attached hydrogens (tertiary/aromatic N) is 1. The molecule has 0 aliphatic carbocycles. The molecule has 5 nitrogen and oxygen atoms in total. The van der Waals surface area contributed by atoms with Crippen LogP contribution in [0.4, 0.5) is 0 Å². The van der Waals surface area contributed by atoms with Crippen molar-refractivity contribution in [2.24, 2.45) is 5.73 Å². The van der Waals surface area contributed by atoms with Gasteiger partial charge in [0.25, 0.3) is 0 Å². The van der Waals surface area contributed by atoms with Crippen LogP contribution in [-0.2, 0) is 9.47 Å². The average Bonchev–Trinajstić information content (AvgIpc) is 2.88. The Kier molecular flexibility index (Phi) is 4.16. The van der Waals surface area contributed by atoms with E-state index in [4.69, 9.17) is 15.2 Å². The average molecular weight is 229 g/mol. The largest absolute Gasteiger partial charge is 0.354 e. The minimum absolute atomic E-state index is 0.142. The fourth-order valence-electron chi connectivity index (χ4n) is 2.93. The molecule has 2 heterocycles. The molecule has 0 spiro atoms. The number of likely N-dealkylation sites (tertiary alicyclic amines) is 1. The molecule has 2 aliphatic heterocycles. The Hall–Kier alpha value is -0.200. The molecular formula is C11H23N3O2. The number of nitrogens with two attached hydrogens (primary N) is 1. The molecule has 0 aromatic heterocycles. The van der Waals surface area contributed by atoms with Crippen molar-refractivity contribution in [1.29, 1.82) is 0 Å². The van der Waals surface area contributed by atoms with E-state index in [0.29, 0.717) is 12.2 Å². The van der Waals surface area contributed by atoms with Gasteiger partial charge in [-0.1, -0.05) is 0 Å². The Morgan fingerprint density at radius 3 is 2.62 bits per heavy atom. The maximum absolute atomic E-state index is 6.12. The van der Waals surface area contributed by atoms with E-state index in [1.165, 1.54) is 6.42 Å². The highest BCUT2D eigenvalue weighted by Crippen LogP contribution is 2.26. The highest BCUT2D eigenvalue weighted by atomic mass is 16.7. The molecule has 0 aromatic carbocycles. The predicted octanol–water partition coefficient (Wildman–Crippen LogP) is -0.284. The number of hydrogen-bond donors (Lipinski definition) is 2. The highest BCUT2D eigenvalue weighted by Gasteiger charge is 2.39. The van der Waals surface area contributed by atoms with E-state index in [9.17, 15) is 0 Å². The van der Waals surface area contributed by atoms with Gasteiger partial charge in [-0.25, -0.2) is 0 Å². The Labute approximate surface area is 97.3 Å². The summed E-state index contributed by atoms with van der Waals surface area (Å²) in [5.74, 6) is 0. The number of methoxy groups -OCH3 is 2. The van der Waals surface area contributed by atoms with Gasteiger partial charge in [-0.3, -0.25) is 4.90 Å². The van der Waals surface area contributed by atoms with E-state index in [-0.39, 0.29) is 12.3 Å². The summed E-state index contributed by atoms with van der Waals surface area (Å²) in [6.07, 6.45) is 3.52. The first-order valence-electron chi connectivity index (χ1n) is 6.08. The molecule has 0 amide bonds. The summed E-state index contributed by atoms with van der Waals surface area (Å²) >= 11 is 0. The van der Waals surface area contributed by atoms with Gasteiger partial charge in [-0.2, -0.15) is 0 Å². The third kappa shape index (κ3) is 2.24. The SMILES string of the molecule is COC(OC)C1CCCN1C1NCCC1N. The second-order valence-corrected chi connectivity index (χ2v) is 4.64. The van der Waals surface area contributed by atoms with Crippen LogP contribution in [0.2, 0.25) is 0 Å². The molecule has 0 saturated carbocycles. The number of ether oxygens (including phenoxy) is 2. The molecular weight excluding hydrogens is 206 g/mol. The molecule has 3 N–H and O–H groups in total. The quantitative estimate of drug-likeness (QED) is 0.649.